The Morgan fingerprint density at radius 2 is 1.59 bits per heavy atom. The fraction of sp³-hybridized carbons (Fsp3) is 0.120. The molecule has 0 fully saturated rings. The lowest BCUT2D eigenvalue weighted by Crippen LogP contribution is -2.43. The van der Waals surface area contributed by atoms with Crippen molar-refractivity contribution in [2.45, 2.75) is 13.0 Å². The summed E-state index contributed by atoms with van der Waals surface area (Å²) in [6, 6.07) is 22.1. The Morgan fingerprint density at radius 1 is 0.906 bits per heavy atom. The van der Waals surface area contributed by atoms with Crippen molar-refractivity contribution in [1.29, 1.82) is 0 Å². The normalized spacial score (nSPS) is 11.7. The van der Waals surface area contributed by atoms with Crippen LogP contribution in [0.2, 0.25) is 0 Å². The first kappa shape index (κ1) is 21.0. The molecule has 1 atom stereocenters. The van der Waals surface area contributed by atoms with Gasteiger partial charge in [-0.2, -0.15) is 0 Å². The number of nitrogens with zero attached hydrogens (tertiary/aromatic N) is 1. The predicted octanol–water partition coefficient (Wildman–Crippen LogP) is 4.06. The lowest BCUT2D eigenvalue weighted by atomic mass is 9.99. The molecular weight excluding hydrogens is 406 g/mol. The number of urea groups is 1. The van der Waals surface area contributed by atoms with Crippen LogP contribution in [0.5, 0.6) is 0 Å². The first-order chi connectivity index (χ1) is 15.5. The summed E-state index contributed by atoms with van der Waals surface area (Å²) >= 11 is 0. The van der Waals surface area contributed by atoms with Crippen molar-refractivity contribution in [2.75, 3.05) is 7.05 Å². The molecule has 0 aliphatic heterocycles. The van der Waals surface area contributed by atoms with Crippen molar-refractivity contribution in [2.24, 2.45) is 0 Å². The third-order valence-corrected chi connectivity index (χ3v) is 5.12. The van der Waals surface area contributed by atoms with Crippen LogP contribution >= 0.6 is 0 Å². The minimum atomic E-state index is -1.16. The summed E-state index contributed by atoms with van der Waals surface area (Å²) in [7, 11) is 1.39. The summed E-state index contributed by atoms with van der Waals surface area (Å²) in [6.07, 6.45) is -1.16. The van der Waals surface area contributed by atoms with Crippen LogP contribution in [0.15, 0.2) is 72.8 Å². The molecule has 1 aromatic heterocycles. The zero-order chi connectivity index (χ0) is 22.7. The van der Waals surface area contributed by atoms with Crippen LogP contribution in [0.4, 0.5) is 4.79 Å². The second kappa shape index (κ2) is 8.85. The SMILES string of the molecule is CNC(=O)NC(=O)C(C)OC(=O)c1cc(-c2cccc3ccccc23)nc2ccccc12. The van der Waals surface area contributed by atoms with E-state index in [4.69, 9.17) is 9.72 Å². The Balaban J connectivity index is 1.75. The Hall–Kier alpha value is -4.26. The number of pyridine rings is 1. The van der Waals surface area contributed by atoms with E-state index >= 15 is 0 Å². The maximum absolute atomic E-state index is 13.0. The quantitative estimate of drug-likeness (QED) is 0.479. The predicted molar refractivity (Wildman–Crippen MR) is 122 cm³/mol. The van der Waals surface area contributed by atoms with Gasteiger partial charge in [0.2, 0.25) is 0 Å². The van der Waals surface area contributed by atoms with Crippen LogP contribution in [0.3, 0.4) is 0 Å². The number of rotatable bonds is 4. The smallest absolute Gasteiger partial charge is 0.339 e. The lowest BCUT2D eigenvalue weighted by molar-refractivity contribution is -0.127. The number of hydrogen-bond acceptors (Lipinski definition) is 5. The van der Waals surface area contributed by atoms with Crippen molar-refractivity contribution in [3.8, 4) is 11.3 Å². The van der Waals surface area contributed by atoms with Gasteiger partial charge >= 0.3 is 12.0 Å². The molecular formula is C25H21N3O4. The summed E-state index contributed by atoms with van der Waals surface area (Å²) in [4.78, 5) is 41.3. The average Bonchev–Trinajstić information content (AvgIpc) is 2.82. The van der Waals surface area contributed by atoms with Gasteiger partial charge in [0.05, 0.1) is 16.8 Å². The highest BCUT2D eigenvalue weighted by Gasteiger charge is 2.23. The molecule has 0 radical (unpaired) electrons. The van der Waals surface area contributed by atoms with Gasteiger partial charge in [-0.3, -0.25) is 10.1 Å². The number of hydrogen-bond donors (Lipinski definition) is 2. The Kier molecular flexibility index (Phi) is 5.81. The molecule has 3 aromatic carbocycles. The van der Waals surface area contributed by atoms with E-state index in [0.717, 1.165) is 16.3 Å². The number of para-hydroxylation sites is 1. The van der Waals surface area contributed by atoms with Gasteiger partial charge in [0, 0.05) is 18.0 Å². The monoisotopic (exact) mass is 427 g/mol. The first-order valence-corrected chi connectivity index (χ1v) is 10.1. The molecule has 0 aliphatic rings. The van der Waals surface area contributed by atoms with E-state index < -0.39 is 24.0 Å². The Bertz CT molecular complexity index is 1340. The van der Waals surface area contributed by atoms with E-state index in [2.05, 4.69) is 10.6 Å². The number of benzene rings is 3. The van der Waals surface area contributed by atoms with Crippen molar-refractivity contribution in [3.63, 3.8) is 0 Å². The summed E-state index contributed by atoms with van der Waals surface area (Å²) < 4.78 is 5.37. The number of imide groups is 1. The van der Waals surface area contributed by atoms with Gasteiger partial charge < -0.3 is 10.1 Å². The molecule has 0 saturated heterocycles. The number of amides is 3. The fourth-order valence-corrected chi connectivity index (χ4v) is 3.48. The van der Waals surface area contributed by atoms with Gasteiger partial charge in [0.1, 0.15) is 0 Å². The minimum absolute atomic E-state index is 0.290. The van der Waals surface area contributed by atoms with Gasteiger partial charge in [-0.1, -0.05) is 60.7 Å². The highest BCUT2D eigenvalue weighted by Crippen LogP contribution is 2.30. The number of carbonyl (C=O) groups excluding carboxylic acids is 3. The number of carbonyl (C=O) groups is 3. The van der Waals surface area contributed by atoms with E-state index in [1.54, 1.807) is 18.2 Å². The van der Waals surface area contributed by atoms with E-state index in [9.17, 15) is 14.4 Å². The summed E-state index contributed by atoms with van der Waals surface area (Å²) in [5.74, 6) is -1.39. The fourth-order valence-electron chi connectivity index (χ4n) is 3.48. The summed E-state index contributed by atoms with van der Waals surface area (Å²) in [5, 5.41) is 7.06. The number of aromatic nitrogens is 1. The van der Waals surface area contributed by atoms with Gasteiger partial charge in [-0.25, -0.2) is 14.6 Å². The summed E-state index contributed by atoms with van der Waals surface area (Å²) in [5.41, 5.74) is 2.42. The zero-order valence-electron chi connectivity index (χ0n) is 17.6. The van der Waals surface area contributed by atoms with Crippen LogP contribution < -0.4 is 10.6 Å². The van der Waals surface area contributed by atoms with E-state index in [0.29, 0.717) is 16.6 Å². The average molecular weight is 427 g/mol. The highest BCUT2D eigenvalue weighted by atomic mass is 16.5. The van der Waals surface area contributed by atoms with Crippen LogP contribution in [-0.2, 0) is 9.53 Å². The molecule has 32 heavy (non-hydrogen) atoms. The maximum Gasteiger partial charge on any atom is 0.339 e. The molecule has 0 spiro atoms. The van der Waals surface area contributed by atoms with Crippen molar-refractivity contribution in [1.82, 2.24) is 15.6 Å². The van der Waals surface area contributed by atoms with Crippen molar-refractivity contribution < 1.29 is 19.1 Å². The molecule has 0 bridgehead atoms. The van der Waals surface area contributed by atoms with Gasteiger partial charge in [-0.05, 0) is 29.8 Å². The van der Waals surface area contributed by atoms with Crippen LogP contribution in [0, 0.1) is 0 Å². The molecule has 0 saturated carbocycles. The summed E-state index contributed by atoms with van der Waals surface area (Å²) in [6.45, 7) is 1.41. The molecule has 7 heteroatoms. The number of nitrogens with one attached hydrogen (secondary N) is 2. The molecule has 160 valence electrons. The van der Waals surface area contributed by atoms with Gasteiger partial charge in [-0.15, -0.1) is 0 Å². The number of esters is 1. The lowest BCUT2D eigenvalue weighted by Gasteiger charge is -2.15. The molecule has 4 aromatic rings. The third-order valence-electron chi connectivity index (χ3n) is 5.12. The van der Waals surface area contributed by atoms with Gasteiger partial charge in [0.15, 0.2) is 6.10 Å². The minimum Gasteiger partial charge on any atom is -0.449 e. The number of ether oxygens (including phenoxy) is 1. The second-order valence-corrected chi connectivity index (χ2v) is 7.21. The molecule has 0 aliphatic carbocycles. The number of fused-ring (bicyclic) bond motifs is 2. The Morgan fingerprint density at radius 3 is 2.38 bits per heavy atom. The molecule has 2 N–H and O–H groups in total. The maximum atomic E-state index is 13.0. The Labute approximate surface area is 184 Å². The molecule has 1 unspecified atom stereocenters. The van der Waals surface area contributed by atoms with Crippen LogP contribution in [0.1, 0.15) is 17.3 Å². The zero-order valence-corrected chi connectivity index (χ0v) is 17.6. The first-order valence-electron chi connectivity index (χ1n) is 10.1. The topological polar surface area (TPSA) is 97.4 Å². The molecule has 1 heterocycles. The van der Waals surface area contributed by atoms with E-state index in [1.165, 1.54) is 14.0 Å². The van der Waals surface area contributed by atoms with Crippen LogP contribution in [0.25, 0.3) is 32.9 Å². The standard InChI is InChI=1S/C25H21N3O4/c1-15(23(29)28-25(31)26-2)32-24(30)20-14-22(27-21-13-6-5-11-19(20)21)18-12-7-9-16-8-3-4-10-17(16)18/h3-15H,1-2H3,(H2,26,28,29,31). The second-order valence-electron chi connectivity index (χ2n) is 7.21. The molecule has 3 amide bonds. The highest BCUT2D eigenvalue weighted by molar-refractivity contribution is 6.07. The van der Waals surface area contributed by atoms with Crippen LogP contribution in [-0.4, -0.2) is 36.0 Å². The van der Waals surface area contributed by atoms with Crippen molar-refractivity contribution in [3.05, 3.63) is 78.4 Å². The third kappa shape index (κ3) is 4.13. The van der Waals surface area contributed by atoms with Crippen molar-refractivity contribution >= 4 is 39.6 Å². The molecule has 4 rings (SSSR count). The van der Waals surface area contributed by atoms with Gasteiger partial charge in [0.25, 0.3) is 5.91 Å². The molecule has 7 nitrogen and oxygen atoms in total. The largest absolute Gasteiger partial charge is 0.449 e. The van der Waals surface area contributed by atoms with E-state index in [-0.39, 0.29) is 5.56 Å². The van der Waals surface area contributed by atoms with E-state index in [1.807, 2.05) is 54.6 Å².